The summed E-state index contributed by atoms with van der Waals surface area (Å²) in [7, 11) is -2.79. The van der Waals surface area contributed by atoms with E-state index >= 15 is 0 Å². The van der Waals surface area contributed by atoms with Crippen molar-refractivity contribution in [1.29, 1.82) is 0 Å². The molecule has 0 bridgehead atoms. The number of hydrazone groups is 1. The summed E-state index contributed by atoms with van der Waals surface area (Å²) in [5.41, 5.74) is 1.37. The van der Waals surface area contributed by atoms with Crippen molar-refractivity contribution in [3.05, 3.63) is 0 Å². The molecule has 3 nitrogen and oxygen atoms in total. The van der Waals surface area contributed by atoms with Gasteiger partial charge in [-0.3, -0.25) is 0 Å². The fourth-order valence-corrected chi connectivity index (χ4v) is 12.1. The molecule has 0 spiro atoms. The van der Waals surface area contributed by atoms with Gasteiger partial charge in [0, 0.05) is 12.1 Å². The topological polar surface area (TPSA) is 32.7 Å². The van der Waals surface area contributed by atoms with Gasteiger partial charge < -0.3 is 9.13 Å². The Morgan fingerprint density at radius 3 is 1.90 bits per heavy atom. The fourth-order valence-electron chi connectivity index (χ4n) is 3.17. The molecular formula is C15H32N2OSi2. The number of carbonyl (C=O) groups is 1. The predicted molar refractivity (Wildman–Crippen MR) is 93.2 cm³/mol. The highest BCUT2D eigenvalue weighted by Gasteiger charge is 2.34. The van der Waals surface area contributed by atoms with Gasteiger partial charge in [0.25, 0.3) is 0 Å². The van der Waals surface area contributed by atoms with Crippen molar-refractivity contribution in [3.63, 3.8) is 0 Å². The molecule has 0 saturated heterocycles. The fraction of sp³-hybridized carbons (Fsp3) is 0.867. The molecule has 0 aromatic carbocycles. The molecule has 0 aromatic heterocycles. The molecule has 1 aliphatic carbocycles. The summed E-state index contributed by atoms with van der Waals surface area (Å²) in [6, 6.07) is 0. The Hall–Kier alpha value is -0.426. The van der Waals surface area contributed by atoms with Gasteiger partial charge in [-0.25, -0.2) is 5.10 Å². The van der Waals surface area contributed by atoms with Gasteiger partial charge in [-0.05, 0) is 38.5 Å². The van der Waals surface area contributed by atoms with Crippen molar-refractivity contribution < 1.29 is 4.79 Å². The van der Waals surface area contributed by atoms with Crippen molar-refractivity contribution >= 4 is 28.0 Å². The highest BCUT2D eigenvalue weighted by atomic mass is 28.4. The highest BCUT2D eigenvalue weighted by Crippen LogP contribution is 2.27. The van der Waals surface area contributed by atoms with Crippen molar-refractivity contribution in [3.8, 4) is 0 Å². The van der Waals surface area contributed by atoms with Gasteiger partial charge in [-0.2, -0.15) is 0 Å². The van der Waals surface area contributed by atoms with E-state index in [1.165, 1.54) is 5.71 Å². The molecule has 1 aliphatic rings. The van der Waals surface area contributed by atoms with Crippen LogP contribution in [-0.2, 0) is 4.79 Å². The Balaban J connectivity index is 2.72. The minimum atomic E-state index is -1.40. The molecule has 0 atom stereocenters. The van der Waals surface area contributed by atoms with Crippen LogP contribution >= 0.6 is 0 Å². The molecule has 0 radical (unpaired) electrons. The van der Waals surface area contributed by atoms with E-state index < -0.39 is 16.5 Å². The number of Topliss-reactive ketones (excluding diaryl/α,β-unsaturated/α-hetero) is 1. The van der Waals surface area contributed by atoms with Crippen LogP contribution < -0.4 is 0 Å². The quantitative estimate of drug-likeness (QED) is 0.554. The summed E-state index contributed by atoms with van der Waals surface area (Å²) >= 11 is 0. The van der Waals surface area contributed by atoms with Crippen LogP contribution in [0.2, 0.25) is 39.3 Å². The van der Waals surface area contributed by atoms with Crippen LogP contribution in [0.4, 0.5) is 0 Å². The zero-order chi connectivity index (χ0) is 15.6. The van der Waals surface area contributed by atoms with E-state index in [1.54, 1.807) is 6.92 Å². The number of nitrogens with zero attached hydrogens (tertiary/aromatic N) is 2. The van der Waals surface area contributed by atoms with Crippen molar-refractivity contribution in [2.45, 2.75) is 78.3 Å². The maximum Gasteiger partial charge on any atom is 0.158 e. The van der Waals surface area contributed by atoms with Crippen LogP contribution in [0, 0.1) is 5.92 Å². The predicted octanol–water partition coefficient (Wildman–Crippen LogP) is 4.48. The zero-order valence-electron chi connectivity index (χ0n) is 14.4. The van der Waals surface area contributed by atoms with Gasteiger partial charge in [0.2, 0.25) is 0 Å². The monoisotopic (exact) mass is 312 g/mol. The second-order valence-corrected chi connectivity index (χ2v) is 18.1. The molecule has 1 rings (SSSR count). The second kappa shape index (κ2) is 6.56. The second-order valence-electron chi connectivity index (χ2n) is 8.17. The summed E-state index contributed by atoms with van der Waals surface area (Å²) in [5, 5.41) is 5.08. The highest BCUT2D eigenvalue weighted by molar-refractivity contribution is 6.89. The number of hydrogen-bond donors (Lipinski definition) is 0. The van der Waals surface area contributed by atoms with Crippen molar-refractivity contribution in [2.75, 3.05) is 0 Å². The average Bonchev–Trinajstić information content (AvgIpc) is 2.24. The van der Waals surface area contributed by atoms with E-state index in [-0.39, 0.29) is 0 Å². The summed E-state index contributed by atoms with van der Waals surface area (Å²) in [5.74, 6) is 0.930. The summed E-state index contributed by atoms with van der Waals surface area (Å²) in [6.45, 7) is 16.0. The molecule has 1 saturated carbocycles. The maximum atomic E-state index is 11.2. The van der Waals surface area contributed by atoms with Gasteiger partial charge in [-0.1, -0.05) is 39.3 Å². The van der Waals surface area contributed by atoms with Crippen LogP contribution in [0.3, 0.4) is 0 Å². The summed E-state index contributed by atoms with van der Waals surface area (Å²) < 4.78 is 2.51. The Labute approximate surface area is 127 Å². The van der Waals surface area contributed by atoms with Crippen LogP contribution in [0.25, 0.3) is 0 Å². The van der Waals surface area contributed by atoms with Gasteiger partial charge in [0.1, 0.15) is 5.78 Å². The summed E-state index contributed by atoms with van der Waals surface area (Å²) in [4.78, 5) is 11.2. The number of rotatable bonds is 5. The zero-order valence-corrected chi connectivity index (χ0v) is 16.4. The molecule has 0 unspecified atom stereocenters. The van der Waals surface area contributed by atoms with E-state index in [1.807, 2.05) is 0 Å². The molecule has 0 aromatic rings. The Morgan fingerprint density at radius 1 is 1.10 bits per heavy atom. The lowest BCUT2D eigenvalue weighted by Gasteiger charge is -2.42. The van der Waals surface area contributed by atoms with Crippen LogP contribution in [0.15, 0.2) is 5.10 Å². The van der Waals surface area contributed by atoms with Gasteiger partial charge in [0.15, 0.2) is 16.5 Å². The van der Waals surface area contributed by atoms with Gasteiger partial charge in [0.05, 0.1) is 0 Å². The molecule has 0 aliphatic heterocycles. The average molecular weight is 313 g/mol. The van der Waals surface area contributed by atoms with Crippen molar-refractivity contribution in [1.82, 2.24) is 4.34 Å². The first-order valence-electron chi connectivity index (χ1n) is 7.86. The lowest BCUT2D eigenvalue weighted by atomic mass is 9.85. The van der Waals surface area contributed by atoms with Crippen LogP contribution in [0.5, 0.6) is 0 Å². The Bertz CT molecular complexity index is 356. The summed E-state index contributed by atoms with van der Waals surface area (Å²) in [6.07, 6.45) is 5.22. The molecular weight excluding hydrogens is 280 g/mol. The first-order valence-corrected chi connectivity index (χ1v) is 14.8. The molecule has 20 heavy (non-hydrogen) atoms. The minimum absolute atomic E-state index is 0.334. The number of carbonyl (C=O) groups excluding carboxylic acids is 1. The van der Waals surface area contributed by atoms with Gasteiger partial charge >= 0.3 is 0 Å². The first-order chi connectivity index (χ1) is 9.00. The molecule has 0 heterocycles. The van der Waals surface area contributed by atoms with E-state index in [0.29, 0.717) is 11.7 Å². The molecule has 116 valence electrons. The lowest BCUT2D eigenvalue weighted by Crippen LogP contribution is -2.56. The molecule has 0 N–H and O–H groups in total. The van der Waals surface area contributed by atoms with E-state index in [2.05, 4.69) is 43.6 Å². The smallest absolute Gasteiger partial charge is 0.158 e. The minimum Gasteiger partial charge on any atom is -0.350 e. The van der Waals surface area contributed by atoms with Gasteiger partial charge in [-0.15, -0.1) is 0 Å². The van der Waals surface area contributed by atoms with E-state index in [0.717, 1.165) is 32.1 Å². The van der Waals surface area contributed by atoms with Crippen molar-refractivity contribution in [2.24, 2.45) is 11.0 Å². The molecule has 5 heteroatoms. The Morgan fingerprint density at radius 2 is 1.55 bits per heavy atom. The normalized spacial score (nSPS) is 20.8. The van der Waals surface area contributed by atoms with Crippen LogP contribution in [0.1, 0.15) is 39.0 Å². The third kappa shape index (κ3) is 5.52. The maximum absolute atomic E-state index is 11.2. The molecule has 1 fully saturated rings. The largest absolute Gasteiger partial charge is 0.350 e. The third-order valence-electron chi connectivity index (χ3n) is 3.77. The first kappa shape index (κ1) is 17.6. The Kier molecular flexibility index (Phi) is 5.78. The van der Waals surface area contributed by atoms with E-state index in [4.69, 9.17) is 5.10 Å². The third-order valence-corrected chi connectivity index (χ3v) is 10.5. The van der Waals surface area contributed by atoms with E-state index in [9.17, 15) is 4.79 Å². The standard InChI is InChI=1S/C15H32N2OSi2/c1-13(18)12-14-8-10-15(11-9-14)16-17(19(2,3)4)20(5,6)7/h14H,8-12H2,1-7H3. The number of hydrogen-bond acceptors (Lipinski definition) is 3. The SMILES string of the molecule is CC(=O)CC1CCC(=NN([Si](C)(C)C)[Si](C)(C)C)CC1. The lowest BCUT2D eigenvalue weighted by molar-refractivity contribution is -0.118. The number of ketones is 1. The van der Waals surface area contributed by atoms with Crippen LogP contribution in [-0.4, -0.2) is 32.3 Å². The molecule has 0 amide bonds.